The number of amides is 1. The number of nitrogens with one attached hydrogen (secondary N) is 1. The summed E-state index contributed by atoms with van der Waals surface area (Å²) in [6.45, 7) is 1.54. The first-order chi connectivity index (χ1) is 11.2. The molecule has 0 bridgehead atoms. The highest BCUT2D eigenvalue weighted by Crippen LogP contribution is 2.34. The Balaban J connectivity index is 2.13. The molecule has 1 aromatic heterocycles. The van der Waals surface area contributed by atoms with Crippen molar-refractivity contribution in [2.24, 2.45) is 0 Å². The van der Waals surface area contributed by atoms with Crippen molar-refractivity contribution >= 4 is 35.0 Å². The molecule has 1 amide bonds. The second kappa shape index (κ2) is 7.31. The molecule has 0 saturated heterocycles. The van der Waals surface area contributed by atoms with E-state index in [1.165, 1.54) is 13.1 Å². The number of hydrogen-bond donors (Lipinski definition) is 1. The third-order valence-electron chi connectivity index (χ3n) is 3.01. The summed E-state index contributed by atoms with van der Waals surface area (Å²) >= 11 is 6.82. The molecule has 0 aliphatic carbocycles. The van der Waals surface area contributed by atoms with Crippen LogP contribution in [0.1, 0.15) is 12.5 Å². The summed E-state index contributed by atoms with van der Waals surface area (Å²) in [7, 11) is 0. The van der Waals surface area contributed by atoms with Crippen molar-refractivity contribution in [2.45, 2.75) is 23.4 Å². The number of anilines is 1. The molecule has 1 aromatic carbocycles. The molecule has 4 nitrogen and oxygen atoms in total. The molecule has 9 heteroatoms. The number of carbonyl (C=O) groups excluding carboxylic acids is 1. The van der Waals surface area contributed by atoms with Gasteiger partial charge in [-0.25, -0.2) is 0 Å². The fraction of sp³-hybridized carbons (Fsp3) is 0.200. The lowest BCUT2D eigenvalue weighted by Crippen LogP contribution is -2.30. The second-order valence-corrected chi connectivity index (χ2v) is 6.57. The van der Waals surface area contributed by atoms with Crippen molar-refractivity contribution < 1.29 is 22.7 Å². The summed E-state index contributed by atoms with van der Waals surface area (Å²) < 4.78 is 38.8. The van der Waals surface area contributed by atoms with Gasteiger partial charge >= 0.3 is 6.18 Å². The van der Waals surface area contributed by atoms with Gasteiger partial charge in [-0.05, 0) is 43.0 Å². The van der Waals surface area contributed by atoms with Gasteiger partial charge < -0.3 is 10.5 Å². The Morgan fingerprint density at radius 2 is 2.04 bits per heavy atom. The average Bonchev–Trinajstić information content (AvgIpc) is 2.50. The topological polar surface area (TPSA) is 56.0 Å². The number of rotatable bonds is 4. The van der Waals surface area contributed by atoms with Crippen LogP contribution in [0.15, 0.2) is 47.6 Å². The predicted molar refractivity (Wildman–Crippen MR) is 85.8 cm³/mol. The molecular formula is C15H12ClF3N2O2S. The fourth-order valence-corrected chi connectivity index (χ4v) is 2.79. The van der Waals surface area contributed by atoms with Gasteiger partial charge in [0, 0.05) is 12.1 Å². The lowest BCUT2D eigenvalue weighted by atomic mass is 10.2. The van der Waals surface area contributed by atoms with E-state index >= 15 is 0 Å². The van der Waals surface area contributed by atoms with E-state index < -0.39 is 22.9 Å². The van der Waals surface area contributed by atoms with E-state index in [9.17, 15) is 23.2 Å². The molecule has 0 unspecified atom stereocenters. The van der Waals surface area contributed by atoms with Gasteiger partial charge in [0.15, 0.2) is 6.20 Å². The lowest BCUT2D eigenvalue weighted by molar-refractivity contribution is -0.645. The average molecular weight is 377 g/mol. The summed E-state index contributed by atoms with van der Waals surface area (Å²) in [6, 6.07) is 7.41. The van der Waals surface area contributed by atoms with Gasteiger partial charge in [0.1, 0.15) is 0 Å². The normalized spacial score (nSPS) is 12.7. The SMILES string of the molecule is C[C@H](Sc1cccc[n+]1[O-])C(=O)Nc1cc(C(F)(F)F)ccc1Cl. The maximum atomic E-state index is 12.7. The van der Waals surface area contributed by atoms with Crippen molar-refractivity contribution in [1.29, 1.82) is 0 Å². The molecule has 0 aliphatic rings. The first-order valence-corrected chi connectivity index (χ1v) is 7.96. The standard InChI is InChI=1S/C15H12ClF3N2O2S/c1-9(24-13-4-2-3-7-21(13)23)14(22)20-12-8-10(15(17,18)19)5-6-11(12)16/h2-9H,1H3,(H,20,22)/t9-/m0/s1. The Kier molecular flexibility index (Phi) is 5.61. The van der Waals surface area contributed by atoms with Gasteiger partial charge in [0.25, 0.3) is 5.03 Å². The smallest absolute Gasteiger partial charge is 0.416 e. The summed E-state index contributed by atoms with van der Waals surface area (Å²) in [5.41, 5.74) is -1.05. The first-order valence-electron chi connectivity index (χ1n) is 6.71. The molecule has 0 aliphatic heterocycles. The zero-order valence-electron chi connectivity index (χ0n) is 12.3. The zero-order chi connectivity index (χ0) is 17.9. The third kappa shape index (κ3) is 4.55. The molecule has 0 radical (unpaired) electrons. The fourth-order valence-electron chi connectivity index (χ4n) is 1.77. The van der Waals surface area contributed by atoms with Crippen LogP contribution in [0.2, 0.25) is 5.02 Å². The van der Waals surface area contributed by atoms with Gasteiger partial charge in [-0.1, -0.05) is 11.6 Å². The van der Waals surface area contributed by atoms with Crippen molar-refractivity contribution in [3.63, 3.8) is 0 Å². The van der Waals surface area contributed by atoms with Crippen molar-refractivity contribution in [3.05, 3.63) is 58.4 Å². The number of thioether (sulfide) groups is 1. The first kappa shape index (κ1) is 18.4. The van der Waals surface area contributed by atoms with E-state index in [4.69, 9.17) is 11.6 Å². The zero-order valence-corrected chi connectivity index (χ0v) is 13.9. The molecule has 24 heavy (non-hydrogen) atoms. The van der Waals surface area contributed by atoms with Gasteiger partial charge in [-0.15, -0.1) is 0 Å². The van der Waals surface area contributed by atoms with Crippen LogP contribution in [0.25, 0.3) is 0 Å². The number of nitrogens with zero attached hydrogens (tertiary/aromatic N) is 1. The van der Waals surface area contributed by atoms with E-state index in [1.54, 1.807) is 18.2 Å². The van der Waals surface area contributed by atoms with E-state index in [1.807, 2.05) is 0 Å². The van der Waals surface area contributed by atoms with Crippen molar-refractivity contribution in [2.75, 3.05) is 5.32 Å². The maximum Gasteiger partial charge on any atom is 0.416 e. The number of carbonyl (C=O) groups is 1. The lowest BCUT2D eigenvalue weighted by Gasteiger charge is -2.14. The Morgan fingerprint density at radius 3 is 2.67 bits per heavy atom. The third-order valence-corrected chi connectivity index (χ3v) is 4.46. The van der Waals surface area contributed by atoms with E-state index in [0.29, 0.717) is 9.76 Å². The van der Waals surface area contributed by atoms with Crippen LogP contribution in [0.4, 0.5) is 18.9 Å². The number of hydrogen-bond acceptors (Lipinski definition) is 3. The minimum atomic E-state index is -4.54. The highest BCUT2D eigenvalue weighted by Gasteiger charge is 2.31. The largest absolute Gasteiger partial charge is 0.618 e. The van der Waals surface area contributed by atoms with E-state index in [0.717, 1.165) is 30.0 Å². The van der Waals surface area contributed by atoms with Gasteiger partial charge in [0.2, 0.25) is 5.91 Å². The summed E-state index contributed by atoms with van der Waals surface area (Å²) in [5.74, 6) is -0.565. The summed E-state index contributed by atoms with van der Waals surface area (Å²) in [5, 5.41) is 13.5. The van der Waals surface area contributed by atoms with Crippen LogP contribution in [0.5, 0.6) is 0 Å². The predicted octanol–water partition coefficient (Wildman–Crippen LogP) is 4.11. The molecule has 2 rings (SSSR count). The Morgan fingerprint density at radius 1 is 1.33 bits per heavy atom. The maximum absolute atomic E-state index is 12.7. The van der Waals surface area contributed by atoms with Gasteiger partial charge in [-0.3, -0.25) is 4.79 Å². The Bertz CT molecular complexity index is 756. The molecular weight excluding hydrogens is 365 g/mol. The highest BCUT2D eigenvalue weighted by atomic mass is 35.5. The second-order valence-electron chi connectivity index (χ2n) is 4.81. The van der Waals surface area contributed by atoms with Gasteiger partial charge in [-0.2, -0.15) is 17.9 Å². The van der Waals surface area contributed by atoms with Gasteiger partial charge in [0.05, 0.1) is 21.5 Å². The van der Waals surface area contributed by atoms with Crippen LogP contribution in [-0.4, -0.2) is 11.2 Å². The van der Waals surface area contributed by atoms with Crippen molar-refractivity contribution in [3.8, 4) is 0 Å². The Hall–Kier alpha value is -1.93. The van der Waals surface area contributed by atoms with E-state index in [2.05, 4.69) is 5.32 Å². The van der Waals surface area contributed by atoms with Crippen LogP contribution < -0.4 is 10.0 Å². The molecule has 1 heterocycles. The highest BCUT2D eigenvalue weighted by molar-refractivity contribution is 8.00. The summed E-state index contributed by atoms with van der Waals surface area (Å²) in [4.78, 5) is 12.2. The number of halogens is 4. The molecule has 1 atom stereocenters. The molecule has 0 spiro atoms. The number of pyridine rings is 1. The monoisotopic (exact) mass is 376 g/mol. The number of benzene rings is 1. The summed E-state index contributed by atoms with van der Waals surface area (Å²) in [6.07, 6.45) is -3.25. The minimum absolute atomic E-state index is 0.00727. The van der Waals surface area contributed by atoms with Crippen LogP contribution in [0, 0.1) is 5.21 Å². The van der Waals surface area contributed by atoms with Crippen LogP contribution in [0.3, 0.4) is 0 Å². The molecule has 128 valence electrons. The molecule has 2 aromatic rings. The molecule has 1 N–H and O–H groups in total. The van der Waals surface area contributed by atoms with Crippen molar-refractivity contribution in [1.82, 2.24) is 0 Å². The number of aromatic nitrogens is 1. The molecule has 0 fully saturated rings. The van der Waals surface area contributed by atoms with E-state index in [-0.39, 0.29) is 10.7 Å². The molecule has 0 saturated carbocycles. The minimum Gasteiger partial charge on any atom is -0.618 e. The Labute approximate surface area is 145 Å². The van der Waals surface area contributed by atoms with Crippen LogP contribution in [-0.2, 0) is 11.0 Å². The number of alkyl halides is 3. The van der Waals surface area contributed by atoms with Crippen LogP contribution >= 0.6 is 23.4 Å². The quantitative estimate of drug-likeness (QED) is 0.496.